The van der Waals surface area contributed by atoms with Crippen LogP contribution in [-0.2, 0) is 11.3 Å². The molecule has 1 aromatic carbocycles. The summed E-state index contributed by atoms with van der Waals surface area (Å²) in [4.78, 5) is 0. The number of phenols is 1. The summed E-state index contributed by atoms with van der Waals surface area (Å²) in [5, 5.41) is 12.6. The number of phenolic OH excluding ortho intramolecular Hbond substituents is 1. The van der Waals surface area contributed by atoms with Gasteiger partial charge in [-0.3, -0.25) is 0 Å². The Kier molecular flexibility index (Phi) is 6.57. The second-order valence-corrected chi connectivity index (χ2v) is 4.83. The second-order valence-electron chi connectivity index (χ2n) is 3.97. The molecule has 0 saturated heterocycles. The highest BCUT2D eigenvalue weighted by atomic mass is 79.9. The van der Waals surface area contributed by atoms with Gasteiger partial charge in [0.25, 0.3) is 0 Å². The van der Waals surface area contributed by atoms with E-state index in [1.165, 1.54) is 7.11 Å². The first-order valence-electron chi connectivity index (χ1n) is 5.74. The number of aromatic hydroxyl groups is 1. The molecule has 0 aliphatic rings. The first-order valence-corrected chi connectivity index (χ1v) is 6.53. The van der Waals surface area contributed by atoms with Crippen LogP contribution in [0.4, 0.5) is 13.2 Å². The van der Waals surface area contributed by atoms with Gasteiger partial charge in [-0.2, -0.15) is 13.2 Å². The number of ether oxygens (including phenoxy) is 2. The molecule has 0 aliphatic carbocycles. The van der Waals surface area contributed by atoms with E-state index in [1.54, 1.807) is 12.1 Å². The van der Waals surface area contributed by atoms with E-state index in [0.29, 0.717) is 16.8 Å². The lowest BCUT2D eigenvalue weighted by molar-refractivity contribution is -0.173. The molecule has 114 valence electrons. The molecule has 1 aromatic rings. The van der Waals surface area contributed by atoms with Crippen LogP contribution in [0.2, 0.25) is 0 Å². The summed E-state index contributed by atoms with van der Waals surface area (Å²) in [5.74, 6) is 0.328. The fourth-order valence-electron chi connectivity index (χ4n) is 1.45. The highest BCUT2D eigenvalue weighted by Gasteiger charge is 2.27. The molecule has 0 spiro atoms. The van der Waals surface area contributed by atoms with Gasteiger partial charge in [0.1, 0.15) is 6.61 Å². The van der Waals surface area contributed by atoms with Crippen LogP contribution in [0.25, 0.3) is 0 Å². The smallest absolute Gasteiger partial charge is 0.411 e. The summed E-state index contributed by atoms with van der Waals surface area (Å²) in [6, 6.07) is 3.34. The predicted octanol–water partition coefficient (Wildman–Crippen LogP) is 2.83. The molecule has 0 radical (unpaired) electrons. The zero-order valence-corrected chi connectivity index (χ0v) is 12.3. The minimum absolute atomic E-state index is 0.00441. The molecule has 0 fully saturated rings. The minimum Gasteiger partial charge on any atom is -0.503 e. The molecule has 0 unspecified atom stereocenters. The van der Waals surface area contributed by atoms with E-state index in [2.05, 4.69) is 26.0 Å². The number of methoxy groups -OCH3 is 1. The van der Waals surface area contributed by atoms with Crippen molar-refractivity contribution in [2.75, 3.05) is 26.9 Å². The van der Waals surface area contributed by atoms with Crippen LogP contribution in [0.3, 0.4) is 0 Å². The molecular formula is C12H15BrF3NO3. The zero-order valence-electron chi connectivity index (χ0n) is 10.8. The lowest BCUT2D eigenvalue weighted by Gasteiger charge is -2.10. The van der Waals surface area contributed by atoms with Crippen molar-refractivity contribution in [2.24, 2.45) is 0 Å². The van der Waals surface area contributed by atoms with Gasteiger partial charge in [-0.25, -0.2) is 0 Å². The van der Waals surface area contributed by atoms with E-state index in [-0.39, 0.29) is 18.9 Å². The molecule has 0 aliphatic heterocycles. The van der Waals surface area contributed by atoms with Crippen molar-refractivity contribution in [1.82, 2.24) is 5.32 Å². The van der Waals surface area contributed by atoms with Gasteiger partial charge in [0, 0.05) is 13.1 Å². The number of halogens is 4. The first-order chi connectivity index (χ1) is 9.33. The van der Waals surface area contributed by atoms with Crippen molar-refractivity contribution in [2.45, 2.75) is 12.7 Å². The Hall–Kier alpha value is -0.990. The summed E-state index contributed by atoms with van der Waals surface area (Å²) in [7, 11) is 1.43. The predicted molar refractivity (Wildman–Crippen MR) is 70.9 cm³/mol. The molecule has 0 bridgehead atoms. The standard InChI is InChI=1S/C12H15BrF3NO3/c1-19-10-5-8(4-9(13)11(10)18)6-17-2-3-20-7-12(14,15)16/h4-5,17-18H,2-3,6-7H2,1H3. The number of hydrogen-bond acceptors (Lipinski definition) is 4. The van der Waals surface area contributed by atoms with E-state index < -0.39 is 12.8 Å². The Morgan fingerprint density at radius 1 is 1.35 bits per heavy atom. The van der Waals surface area contributed by atoms with Crippen molar-refractivity contribution in [3.05, 3.63) is 22.2 Å². The molecule has 0 aromatic heterocycles. The van der Waals surface area contributed by atoms with Gasteiger partial charge in [0.15, 0.2) is 11.5 Å². The molecule has 0 heterocycles. The van der Waals surface area contributed by atoms with E-state index in [1.807, 2.05) is 0 Å². The second kappa shape index (κ2) is 7.70. The van der Waals surface area contributed by atoms with Crippen molar-refractivity contribution >= 4 is 15.9 Å². The average Bonchev–Trinajstić information content (AvgIpc) is 2.36. The molecule has 1 rings (SSSR count). The third-order valence-corrected chi connectivity index (χ3v) is 2.93. The van der Waals surface area contributed by atoms with Gasteiger partial charge in [0.05, 0.1) is 18.2 Å². The van der Waals surface area contributed by atoms with Gasteiger partial charge in [-0.15, -0.1) is 0 Å². The lowest BCUT2D eigenvalue weighted by atomic mass is 10.2. The maximum absolute atomic E-state index is 11.8. The number of rotatable bonds is 7. The molecule has 0 saturated carbocycles. The molecule has 2 N–H and O–H groups in total. The third-order valence-electron chi connectivity index (χ3n) is 2.33. The van der Waals surface area contributed by atoms with Crippen LogP contribution in [0.15, 0.2) is 16.6 Å². The van der Waals surface area contributed by atoms with Crippen molar-refractivity contribution in [1.29, 1.82) is 0 Å². The molecule has 20 heavy (non-hydrogen) atoms. The average molecular weight is 358 g/mol. The van der Waals surface area contributed by atoms with E-state index >= 15 is 0 Å². The molecule has 0 amide bonds. The van der Waals surface area contributed by atoms with Gasteiger partial charge < -0.3 is 19.9 Å². The lowest BCUT2D eigenvalue weighted by Crippen LogP contribution is -2.23. The summed E-state index contributed by atoms with van der Waals surface area (Å²) in [6.07, 6.45) is -4.30. The Balaban J connectivity index is 2.34. The van der Waals surface area contributed by atoms with Gasteiger partial charge in [0.2, 0.25) is 0 Å². The Morgan fingerprint density at radius 3 is 2.65 bits per heavy atom. The third kappa shape index (κ3) is 5.98. The van der Waals surface area contributed by atoms with E-state index in [0.717, 1.165) is 5.56 Å². The van der Waals surface area contributed by atoms with E-state index in [4.69, 9.17) is 4.74 Å². The van der Waals surface area contributed by atoms with Gasteiger partial charge in [-0.1, -0.05) is 0 Å². The normalized spacial score (nSPS) is 11.7. The fraction of sp³-hybridized carbons (Fsp3) is 0.500. The highest BCUT2D eigenvalue weighted by molar-refractivity contribution is 9.10. The maximum atomic E-state index is 11.8. The van der Waals surface area contributed by atoms with Crippen LogP contribution in [0, 0.1) is 0 Å². The number of hydrogen-bond donors (Lipinski definition) is 2. The van der Waals surface area contributed by atoms with Crippen LogP contribution < -0.4 is 10.1 Å². The van der Waals surface area contributed by atoms with Crippen LogP contribution in [-0.4, -0.2) is 38.2 Å². The summed E-state index contributed by atoms with van der Waals surface area (Å²) in [5.41, 5.74) is 0.822. The van der Waals surface area contributed by atoms with E-state index in [9.17, 15) is 18.3 Å². The monoisotopic (exact) mass is 357 g/mol. The molecule has 0 atom stereocenters. The number of benzene rings is 1. The SMILES string of the molecule is COc1cc(CNCCOCC(F)(F)F)cc(Br)c1O. The van der Waals surface area contributed by atoms with Crippen molar-refractivity contribution in [3.63, 3.8) is 0 Å². The molecule has 8 heteroatoms. The zero-order chi connectivity index (χ0) is 15.2. The van der Waals surface area contributed by atoms with Crippen LogP contribution >= 0.6 is 15.9 Å². The number of nitrogens with one attached hydrogen (secondary N) is 1. The topological polar surface area (TPSA) is 50.7 Å². The highest BCUT2D eigenvalue weighted by Crippen LogP contribution is 2.35. The Morgan fingerprint density at radius 2 is 2.05 bits per heavy atom. The fourth-order valence-corrected chi connectivity index (χ4v) is 1.94. The van der Waals surface area contributed by atoms with Crippen molar-refractivity contribution in [3.8, 4) is 11.5 Å². The quantitative estimate of drug-likeness (QED) is 0.736. The Bertz CT molecular complexity index is 441. The largest absolute Gasteiger partial charge is 0.503 e. The minimum atomic E-state index is -4.30. The Labute approximate surface area is 123 Å². The van der Waals surface area contributed by atoms with Crippen LogP contribution in [0.5, 0.6) is 11.5 Å². The molecular weight excluding hydrogens is 343 g/mol. The summed E-state index contributed by atoms with van der Waals surface area (Å²) < 4.78 is 45.4. The van der Waals surface area contributed by atoms with Crippen LogP contribution in [0.1, 0.15) is 5.56 Å². The first kappa shape index (κ1) is 17.1. The van der Waals surface area contributed by atoms with Gasteiger partial charge >= 0.3 is 6.18 Å². The maximum Gasteiger partial charge on any atom is 0.411 e. The number of alkyl halides is 3. The summed E-state index contributed by atoms with van der Waals surface area (Å²) >= 11 is 3.19. The van der Waals surface area contributed by atoms with Gasteiger partial charge in [-0.05, 0) is 33.6 Å². The molecule has 4 nitrogen and oxygen atoms in total. The summed E-state index contributed by atoms with van der Waals surface area (Å²) in [6.45, 7) is -0.565. The van der Waals surface area contributed by atoms with Crippen molar-refractivity contribution < 1.29 is 27.8 Å².